The Hall–Kier alpha value is -3.06. The highest BCUT2D eigenvalue weighted by Crippen LogP contribution is 2.32. The molecule has 0 aliphatic heterocycles. The van der Waals surface area contributed by atoms with Crippen LogP contribution in [0.4, 0.5) is 22.2 Å². The number of amides is 1. The molecule has 3 rings (SSSR count). The monoisotopic (exact) mass is 394 g/mol. The summed E-state index contributed by atoms with van der Waals surface area (Å²) in [5.74, 6) is -0.138. The quantitative estimate of drug-likeness (QED) is 0.454. The van der Waals surface area contributed by atoms with E-state index in [-0.39, 0.29) is 5.91 Å². The number of azo groups is 1. The van der Waals surface area contributed by atoms with Crippen LogP contribution in [0.15, 0.2) is 70.3 Å². The lowest BCUT2D eigenvalue weighted by molar-refractivity contribution is -0.654. The minimum absolute atomic E-state index is 0.138. The smallest absolute Gasteiger partial charge is 0.367 e. The number of rotatable bonds is 7. The standard InChI is InChI=1S/C21H23N5OS/c1-4-26(15-17-8-6-5-7-9-17)18-10-11-19(20(14-18)22-16(2)27)23-24-21-25(3)12-13-28-21/h5-14H,4,15H2,1-3H3/p+1. The van der Waals surface area contributed by atoms with Crippen molar-refractivity contribution in [1.29, 1.82) is 0 Å². The molecular weight excluding hydrogens is 370 g/mol. The Bertz CT molecular complexity index is 968. The molecule has 1 N–H and O–H groups in total. The molecule has 2 aromatic carbocycles. The zero-order chi connectivity index (χ0) is 19.9. The van der Waals surface area contributed by atoms with Gasteiger partial charge in [-0.3, -0.25) is 4.79 Å². The Labute approximate surface area is 169 Å². The van der Waals surface area contributed by atoms with Crippen molar-refractivity contribution in [2.75, 3.05) is 16.8 Å². The average Bonchev–Trinajstić information content (AvgIpc) is 3.10. The minimum Gasteiger partial charge on any atom is -0.367 e. The molecule has 0 spiro atoms. The summed E-state index contributed by atoms with van der Waals surface area (Å²) in [6, 6.07) is 16.2. The van der Waals surface area contributed by atoms with E-state index in [4.69, 9.17) is 0 Å². The van der Waals surface area contributed by atoms with Gasteiger partial charge in [0.2, 0.25) is 5.91 Å². The van der Waals surface area contributed by atoms with Crippen LogP contribution < -0.4 is 14.8 Å². The predicted octanol–water partition coefficient (Wildman–Crippen LogP) is 4.97. The van der Waals surface area contributed by atoms with Crippen LogP contribution in [0, 0.1) is 0 Å². The van der Waals surface area contributed by atoms with E-state index in [1.165, 1.54) is 23.8 Å². The highest BCUT2D eigenvalue weighted by Gasteiger charge is 2.13. The van der Waals surface area contributed by atoms with Gasteiger partial charge < -0.3 is 10.2 Å². The normalized spacial score (nSPS) is 11.0. The Morgan fingerprint density at radius 1 is 1.18 bits per heavy atom. The van der Waals surface area contributed by atoms with Crippen LogP contribution >= 0.6 is 11.3 Å². The minimum atomic E-state index is -0.138. The molecule has 0 atom stereocenters. The summed E-state index contributed by atoms with van der Waals surface area (Å²) in [6.07, 6.45) is 1.93. The molecule has 0 bridgehead atoms. The summed E-state index contributed by atoms with van der Waals surface area (Å²) >= 11 is 1.51. The van der Waals surface area contributed by atoms with Gasteiger partial charge in [-0.05, 0) is 47.1 Å². The number of carbonyl (C=O) groups excluding carboxylic acids is 1. The van der Waals surface area contributed by atoms with E-state index in [1.807, 2.05) is 59.6 Å². The maximum atomic E-state index is 11.7. The fourth-order valence-electron chi connectivity index (χ4n) is 2.81. The topological polar surface area (TPSA) is 60.9 Å². The van der Waals surface area contributed by atoms with E-state index < -0.39 is 0 Å². The number of anilines is 2. The first-order chi connectivity index (χ1) is 13.6. The average molecular weight is 395 g/mol. The molecule has 0 aliphatic carbocycles. The van der Waals surface area contributed by atoms with Crippen LogP contribution in [0.25, 0.3) is 0 Å². The number of aromatic nitrogens is 1. The van der Waals surface area contributed by atoms with Gasteiger partial charge in [0.1, 0.15) is 11.9 Å². The van der Waals surface area contributed by atoms with Gasteiger partial charge in [-0.25, -0.2) is 4.57 Å². The van der Waals surface area contributed by atoms with Crippen molar-refractivity contribution in [2.24, 2.45) is 17.3 Å². The van der Waals surface area contributed by atoms with E-state index in [1.54, 1.807) is 0 Å². The molecule has 144 valence electrons. The Kier molecular flexibility index (Phi) is 6.49. The van der Waals surface area contributed by atoms with E-state index in [0.717, 1.165) is 23.9 Å². The summed E-state index contributed by atoms with van der Waals surface area (Å²) in [5, 5.41) is 14.3. The second-order valence-electron chi connectivity index (χ2n) is 6.38. The maximum Gasteiger partial charge on any atom is 0.408 e. The van der Waals surface area contributed by atoms with E-state index >= 15 is 0 Å². The third kappa shape index (κ3) is 5.01. The number of carbonyl (C=O) groups is 1. The lowest BCUT2D eigenvalue weighted by Gasteiger charge is -2.24. The number of nitrogens with zero attached hydrogens (tertiary/aromatic N) is 4. The van der Waals surface area contributed by atoms with Crippen LogP contribution in [0.3, 0.4) is 0 Å². The highest BCUT2D eigenvalue weighted by molar-refractivity contribution is 7.12. The first kappa shape index (κ1) is 19.7. The summed E-state index contributed by atoms with van der Waals surface area (Å²) in [7, 11) is 1.92. The van der Waals surface area contributed by atoms with Gasteiger partial charge in [0.05, 0.1) is 17.8 Å². The predicted molar refractivity (Wildman–Crippen MR) is 114 cm³/mol. The van der Waals surface area contributed by atoms with Crippen molar-refractivity contribution < 1.29 is 9.36 Å². The van der Waals surface area contributed by atoms with Crippen LogP contribution in [0.1, 0.15) is 19.4 Å². The molecule has 0 aliphatic rings. The van der Waals surface area contributed by atoms with Crippen LogP contribution in [-0.4, -0.2) is 12.5 Å². The summed E-state index contributed by atoms with van der Waals surface area (Å²) in [5.41, 5.74) is 3.54. The Morgan fingerprint density at radius 3 is 2.61 bits per heavy atom. The van der Waals surface area contributed by atoms with E-state index in [0.29, 0.717) is 11.4 Å². The van der Waals surface area contributed by atoms with Crippen LogP contribution in [0.2, 0.25) is 0 Å². The fraction of sp³-hybridized carbons (Fsp3) is 0.238. The molecule has 28 heavy (non-hydrogen) atoms. The molecule has 1 aromatic heterocycles. The summed E-state index contributed by atoms with van der Waals surface area (Å²) in [6.45, 7) is 5.25. The van der Waals surface area contributed by atoms with E-state index in [2.05, 4.69) is 39.5 Å². The lowest BCUT2D eigenvalue weighted by Crippen LogP contribution is -2.23. The zero-order valence-electron chi connectivity index (χ0n) is 16.3. The van der Waals surface area contributed by atoms with Gasteiger partial charge in [0.25, 0.3) is 0 Å². The number of aryl methyl sites for hydroxylation is 1. The third-order valence-electron chi connectivity index (χ3n) is 4.26. The number of nitrogens with one attached hydrogen (secondary N) is 1. The van der Waals surface area contributed by atoms with Gasteiger partial charge in [0.15, 0.2) is 0 Å². The Balaban J connectivity index is 1.89. The molecule has 7 heteroatoms. The van der Waals surface area contributed by atoms with Crippen LogP contribution in [-0.2, 0) is 18.4 Å². The van der Waals surface area contributed by atoms with Gasteiger partial charge in [-0.15, -0.1) is 0 Å². The van der Waals surface area contributed by atoms with Crippen molar-refractivity contribution in [1.82, 2.24) is 0 Å². The van der Waals surface area contributed by atoms with E-state index in [9.17, 15) is 4.79 Å². The Morgan fingerprint density at radius 2 is 1.96 bits per heavy atom. The number of hydrogen-bond donors (Lipinski definition) is 1. The van der Waals surface area contributed by atoms with Crippen LogP contribution in [0.5, 0.6) is 0 Å². The zero-order valence-corrected chi connectivity index (χ0v) is 17.1. The maximum absolute atomic E-state index is 11.7. The SMILES string of the molecule is CCN(Cc1ccccc1)c1ccc(N=Nc2scc[n+]2C)c(NC(C)=O)c1. The second-order valence-corrected chi connectivity index (χ2v) is 7.25. The van der Waals surface area contributed by atoms with Gasteiger partial charge in [0, 0.05) is 31.1 Å². The molecule has 1 heterocycles. The second kappa shape index (κ2) is 9.23. The number of thiazole rings is 1. The molecule has 0 radical (unpaired) electrons. The number of benzene rings is 2. The van der Waals surface area contributed by atoms with Crippen molar-refractivity contribution >= 4 is 39.4 Å². The van der Waals surface area contributed by atoms with Crippen molar-refractivity contribution in [3.8, 4) is 0 Å². The summed E-state index contributed by atoms with van der Waals surface area (Å²) < 4.78 is 1.90. The molecule has 0 saturated heterocycles. The van der Waals surface area contributed by atoms with Crippen molar-refractivity contribution in [3.05, 3.63) is 65.7 Å². The third-order valence-corrected chi connectivity index (χ3v) is 5.10. The molecule has 1 amide bonds. The highest BCUT2D eigenvalue weighted by atomic mass is 32.1. The largest absolute Gasteiger partial charge is 0.408 e. The van der Waals surface area contributed by atoms with Crippen molar-refractivity contribution in [3.63, 3.8) is 0 Å². The molecule has 0 saturated carbocycles. The first-order valence-corrected chi connectivity index (χ1v) is 10.00. The van der Waals surface area contributed by atoms with Crippen molar-refractivity contribution in [2.45, 2.75) is 20.4 Å². The molecule has 0 unspecified atom stereocenters. The van der Waals surface area contributed by atoms with Gasteiger partial charge >= 0.3 is 5.13 Å². The van der Waals surface area contributed by atoms with Gasteiger partial charge in [-0.2, -0.15) is 0 Å². The molecule has 3 aromatic rings. The fourth-order valence-corrected chi connectivity index (χ4v) is 3.49. The molecule has 6 nitrogen and oxygen atoms in total. The summed E-state index contributed by atoms with van der Waals surface area (Å²) in [4.78, 5) is 13.9. The molecular formula is C21H24N5OS+. The van der Waals surface area contributed by atoms with Gasteiger partial charge in [-0.1, -0.05) is 30.3 Å². The lowest BCUT2D eigenvalue weighted by atomic mass is 10.1. The molecule has 0 fully saturated rings. The first-order valence-electron chi connectivity index (χ1n) is 9.12. The number of hydrogen-bond acceptors (Lipinski definition) is 5.